The van der Waals surface area contributed by atoms with Crippen molar-refractivity contribution in [3.63, 3.8) is 0 Å². The molecule has 1 heterocycles. The van der Waals surface area contributed by atoms with E-state index in [9.17, 15) is 4.79 Å². The van der Waals surface area contributed by atoms with Gasteiger partial charge in [-0.05, 0) is 12.8 Å². The van der Waals surface area contributed by atoms with E-state index in [2.05, 4.69) is 0 Å². The van der Waals surface area contributed by atoms with E-state index >= 15 is 0 Å². The van der Waals surface area contributed by atoms with E-state index < -0.39 is 0 Å². The molecule has 10 heavy (non-hydrogen) atoms. The van der Waals surface area contributed by atoms with Crippen molar-refractivity contribution in [2.75, 3.05) is 0 Å². The summed E-state index contributed by atoms with van der Waals surface area (Å²) in [5.74, 6) is 0.231. The summed E-state index contributed by atoms with van der Waals surface area (Å²) >= 11 is 0. The van der Waals surface area contributed by atoms with Crippen LogP contribution in [0.15, 0.2) is 16.9 Å². The predicted octanol–water partition coefficient (Wildman–Crippen LogP) is 1.80. The Hall–Kier alpha value is -1.05. The van der Waals surface area contributed by atoms with Crippen molar-refractivity contribution in [2.24, 2.45) is 0 Å². The largest absolute Gasteiger partial charge is 0.472 e. The summed E-state index contributed by atoms with van der Waals surface area (Å²) in [7, 11) is 0. The van der Waals surface area contributed by atoms with Gasteiger partial charge in [-0.15, -0.1) is 0 Å². The lowest BCUT2D eigenvalue weighted by molar-refractivity contribution is 0.0972. The SMILES string of the molecule is O=C1CCCc2cocc21. The Bertz CT molecular complexity index is 260. The molecule has 2 rings (SSSR count). The minimum Gasteiger partial charge on any atom is -0.472 e. The molecule has 0 amide bonds. The second-order valence-corrected chi connectivity index (χ2v) is 2.59. The first-order valence-corrected chi connectivity index (χ1v) is 3.46. The Kier molecular flexibility index (Phi) is 1.13. The molecule has 0 spiro atoms. The van der Waals surface area contributed by atoms with Crippen LogP contribution in [0.2, 0.25) is 0 Å². The van der Waals surface area contributed by atoms with Crippen LogP contribution < -0.4 is 0 Å². The van der Waals surface area contributed by atoms with Gasteiger partial charge in [0.2, 0.25) is 0 Å². The molecule has 2 nitrogen and oxygen atoms in total. The maximum atomic E-state index is 11.1. The number of hydrogen-bond acceptors (Lipinski definition) is 2. The van der Waals surface area contributed by atoms with Crippen LogP contribution in [0.1, 0.15) is 28.8 Å². The van der Waals surface area contributed by atoms with E-state index in [0.717, 1.165) is 24.0 Å². The van der Waals surface area contributed by atoms with Gasteiger partial charge >= 0.3 is 0 Å². The van der Waals surface area contributed by atoms with Crippen molar-refractivity contribution in [1.82, 2.24) is 0 Å². The predicted molar refractivity (Wildman–Crippen MR) is 36.0 cm³/mol. The number of fused-ring (bicyclic) bond motifs is 1. The Morgan fingerprint density at radius 2 is 2.20 bits per heavy atom. The third kappa shape index (κ3) is 0.685. The molecule has 0 unspecified atom stereocenters. The van der Waals surface area contributed by atoms with E-state index in [4.69, 9.17) is 4.42 Å². The van der Waals surface area contributed by atoms with E-state index in [1.807, 2.05) is 0 Å². The van der Waals surface area contributed by atoms with Crippen molar-refractivity contribution in [3.8, 4) is 0 Å². The highest BCUT2D eigenvalue weighted by Crippen LogP contribution is 2.21. The quantitative estimate of drug-likeness (QED) is 0.544. The van der Waals surface area contributed by atoms with Gasteiger partial charge in [0.1, 0.15) is 6.26 Å². The Balaban J connectivity index is 2.50. The molecule has 52 valence electrons. The van der Waals surface area contributed by atoms with Crippen LogP contribution in [-0.2, 0) is 6.42 Å². The summed E-state index contributed by atoms with van der Waals surface area (Å²) in [6.07, 6.45) is 5.89. The molecule has 0 aromatic carbocycles. The first-order chi connectivity index (χ1) is 4.88. The van der Waals surface area contributed by atoms with Gasteiger partial charge in [0, 0.05) is 12.0 Å². The number of Topliss-reactive ketones (excluding diaryl/α,β-unsaturated/α-hetero) is 1. The molecule has 0 saturated heterocycles. The lowest BCUT2D eigenvalue weighted by Crippen LogP contribution is -2.07. The summed E-state index contributed by atoms with van der Waals surface area (Å²) in [6.45, 7) is 0. The zero-order valence-electron chi connectivity index (χ0n) is 5.59. The van der Waals surface area contributed by atoms with Gasteiger partial charge in [-0.1, -0.05) is 0 Å². The molecule has 0 bridgehead atoms. The number of carbonyl (C=O) groups excluding carboxylic acids is 1. The molecule has 0 fully saturated rings. The molecular formula is C8H8O2. The van der Waals surface area contributed by atoms with Gasteiger partial charge in [0.25, 0.3) is 0 Å². The van der Waals surface area contributed by atoms with Crippen molar-refractivity contribution in [2.45, 2.75) is 19.3 Å². The van der Waals surface area contributed by atoms with E-state index in [0.29, 0.717) is 6.42 Å². The molecule has 1 aromatic heterocycles. The van der Waals surface area contributed by atoms with Gasteiger partial charge in [0.05, 0.1) is 11.8 Å². The Labute approximate surface area is 58.8 Å². The number of furan rings is 1. The lowest BCUT2D eigenvalue weighted by Gasteiger charge is -2.06. The summed E-state index contributed by atoms with van der Waals surface area (Å²) in [4.78, 5) is 11.1. The van der Waals surface area contributed by atoms with Crippen LogP contribution in [0.3, 0.4) is 0 Å². The highest BCUT2D eigenvalue weighted by molar-refractivity contribution is 5.97. The zero-order chi connectivity index (χ0) is 6.97. The van der Waals surface area contributed by atoms with Crippen LogP contribution >= 0.6 is 0 Å². The molecule has 0 radical (unpaired) electrons. The van der Waals surface area contributed by atoms with Crippen LogP contribution in [0.5, 0.6) is 0 Å². The van der Waals surface area contributed by atoms with Crippen LogP contribution in [0.4, 0.5) is 0 Å². The lowest BCUT2D eigenvalue weighted by atomic mass is 9.95. The van der Waals surface area contributed by atoms with Gasteiger partial charge < -0.3 is 4.42 Å². The summed E-state index contributed by atoms with van der Waals surface area (Å²) in [5, 5.41) is 0. The fourth-order valence-electron chi connectivity index (χ4n) is 1.34. The van der Waals surface area contributed by atoms with E-state index in [-0.39, 0.29) is 5.78 Å². The molecule has 1 aliphatic carbocycles. The number of carbonyl (C=O) groups is 1. The fourth-order valence-corrected chi connectivity index (χ4v) is 1.34. The van der Waals surface area contributed by atoms with Gasteiger partial charge in [-0.2, -0.15) is 0 Å². The van der Waals surface area contributed by atoms with Crippen molar-refractivity contribution >= 4 is 5.78 Å². The maximum absolute atomic E-state index is 11.1. The maximum Gasteiger partial charge on any atom is 0.166 e. The number of aryl methyl sites for hydroxylation is 1. The first-order valence-electron chi connectivity index (χ1n) is 3.46. The van der Waals surface area contributed by atoms with Crippen LogP contribution in [0, 0.1) is 0 Å². The van der Waals surface area contributed by atoms with Crippen molar-refractivity contribution in [1.29, 1.82) is 0 Å². The molecule has 0 N–H and O–H groups in total. The highest BCUT2D eigenvalue weighted by Gasteiger charge is 2.17. The topological polar surface area (TPSA) is 30.2 Å². The van der Waals surface area contributed by atoms with Gasteiger partial charge in [-0.3, -0.25) is 4.79 Å². The highest BCUT2D eigenvalue weighted by atomic mass is 16.3. The van der Waals surface area contributed by atoms with E-state index in [1.54, 1.807) is 12.5 Å². The first kappa shape index (κ1) is 5.71. The van der Waals surface area contributed by atoms with Crippen LogP contribution in [-0.4, -0.2) is 5.78 Å². The molecule has 2 heteroatoms. The molecule has 1 aromatic rings. The van der Waals surface area contributed by atoms with Crippen LogP contribution in [0.25, 0.3) is 0 Å². The molecule has 0 atom stereocenters. The molecular weight excluding hydrogens is 128 g/mol. The average molecular weight is 136 g/mol. The Morgan fingerprint density at radius 3 is 3.00 bits per heavy atom. The smallest absolute Gasteiger partial charge is 0.166 e. The average Bonchev–Trinajstić information content (AvgIpc) is 2.36. The normalized spacial score (nSPS) is 17.0. The molecule has 0 aliphatic heterocycles. The Morgan fingerprint density at radius 1 is 1.30 bits per heavy atom. The monoisotopic (exact) mass is 136 g/mol. The van der Waals surface area contributed by atoms with Crippen molar-refractivity contribution < 1.29 is 9.21 Å². The van der Waals surface area contributed by atoms with Crippen molar-refractivity contribution in [3.05, 3.63) is 23.7 Å². The third-order valence-electron chi connectivity index (χ3n) is 1.89. The second kappa shape index (κ2) is 1.97. The fraction of sp³-hybridized carbons (Fsp3) is 0.375. The van der Waals surface area contributed by atoms with Gasteiger partial charge in [-0.25, -0.2) is 0 Å². The number of hydrogen-bond donors (Lipinski definition) is 0. The summed E-state index contributed by atoms with van der Waals surface area (Å²) in [5.41, 5.74) is 1.88. The number of rotatable bonds is 0. The molecule has 0 saturated carbocycles. The third-order valence-corrected chi connectivity index (χ3v) is 1.89. The minimum atomic E-state index is 0.231. The zero-order valence-corrected chi connectivity index (χ0v) is 5.59. The van der Waals surface area contributed by atoms with E-state index in [1.165, 1.54) is 0 Å². The summed E-state index contributed by atoms with van der Waals surface area (Å²) in [6, 6.07) is 0. The minimum absolute atomic E-state index is 0.231. The standard InChI is InChI=1S/C8H8O2/c9-8-3-1-2-6-4-10-5-7(6)8/h4-5H,1-3H2. The molecule has 1 aliphatic rings. The number of ketones is 1. The second-order valence-electron chi connectivity index (χ2n) is 2.59. The van der Waals surface area contributed by atoms with Gasteiger partial charge in [0.15, 0.2) is 5.78 Å². The summed E-state index contributed by atoms with van der Waals surface area (Å²) < 4.78 is 4.92.